The SMILES string of the molecule is O=C(CCCCCl)NC1C2C3CCC(C3)C12. The molecule has 3 aliphatic rings. The van der Waals surface area contributed by atoms with Crippen LogP contribution in [-0.2, 0) is 4.79 Å². The second kappa shape index (κ2) is 4.21. The minimum Gasteiger partial charge on any atom is -0.353 e. The van der Waals surface area contributed by atoms with Crippen LogP contribution in [0.5, 0.6) is 0 Å². The zero-order valence-corrected chi connectivity index (χ0v) is 10.4. The second-order valence-corrected chi connectivity index (χ2v) is 6.11. The minimum atomic E-state index is 0.254. The average Bonchev–Trinajstić information content (AvgIpc) is 2.70. The van der Waals surface area contributed by atoms with Crippen LogP contribution in [0.25, 0.3) is 0 Å². The molecule has 3 rings (SSSR count). The summed E-state index contributed by atoms with van der Waals surface area (Å²) in [5.41, 5.74) is 0. The molecule has 0 radical (unpaired) electrons. The van der Waals surface area contributed by atoms with E-state index in [1.165, 1.54) is 19.3 Å². The molecule has 0 aliphatic heterocycles. The molecule has 0 aromatic heterocycles. The van der Waals surface area contributed by atoms with Crippen LogP contribution in [0.4, 0.5) is 0 Å². The highest BCUT2D eigenvalue weighted by Gasteiger charge is 2.65. The van der Waals surface area contributed by atoms with E-state index in [-0.39, 0.29) is 5.91 Å². The molecule has 4 atom stereocenters. The zero-order valence-electron chi connectivity index (χ0n) is 9.62. The van der Waals surface area contributed by atoms with E-state index in [0.29, 0.717) is 18.3 Å². The molecule has 3 saturated carbocycles. The largest absolute Gasteiger partial charge is 0.353 e. The number of hydrogen-bond acceptors (Lipinski definition) is 1. The maximum Gasteiger partial charge on any atom is 0.220 e. The number of carbonyl (C=O) groups excluding carboxylic acids is 1. The van der Waals surface area contributed by atoms with Crippen molar-refractivity contribution in [3.05, 3.63) is 0 Å². The van der Waals surface area contributed by atoms with Crippen molar-refractivity contribution in [2.24, 2.45) is 23.7 Å². The van der Waals surface area contributed by atoms with Gasteiger partial charge >= 0.3 is 0 Å². The fourth-order valence-electron chi connectivity index (χ4n) is 4.16. The van der Waals surface area contributed by atoms with Gasteiger partial charge in [-0.25, -0.2) is 0 Å². The summed E-state index contributed by atoms with van der Waals surface area (Å²) in [4.78, 5) is 11.7. The van der Waals surface area contributed by atoms with Gasteiger partial charge in [-0.1, -0.05) is 0 Å². The Labute approximate surface area is 102 Å². The fourth-order valence-corrected chi connectivity index (χ4v) is 4.35. The monoisotopic (exact) mass is 241 g/mol. The van der Waals surface area contributed by atoms with Crippen LogP contribution < -0.4 is 5.32 Å². The van der Waals surface area contributed by atoms with E-state index >= 15 is 0 Å². The van der Waals surface area contributed by atoms with E-state index in [4.69, 9.17) is 11.6 Å². The van der Waals surface area contributed by atoms with Gasteiger partial charge in [-0.3, -0.25) is 4.79 Å². The first-order valence-corrected chi connectivity index (χ1v) is 7.20. The minimum absolute atomic E-state index is 0.254. The summed E-state index contributed by atoms with van der Waals surface area (Å²) in [5.74, 6) is 4.54. The molecule has 1 amide bonds. The lowest BCUT2D eigenvalue weighted by atomic mass is 10.0. The van der Waals surface area contributed by atoms with Crippen LogP contribution in [0.2, 0.25) is 0 Å². The third-order valence-corrected chi connectivity index (χ3v) is 5.12. The summed E-state index contributed by atoms with van der Waals surface area (Å²) >= 11 is 5.60. The van der Waals surface area contributed by atoms with Crippen LogP contribution in [0, 0.1) is 23.7 Å². The van der Waals surface area contributed by atoms with Crippen molar-refractivity contribution < 1.29 is 4.79 Å². The Kier molecular flexibility index (Phi) is 2.87. The maximum absolute atomic E-state index is 11.7. The van der Waals surface area contributed by atoms with Crippen molar-refractivity contribution in [1.82, 2.24) is 5.32 Å². The highest BCUT2D eigenvalue weighted by Crippen LogP contribution is 2.65. The molecule has 16 heavy (non-hydrogen) atoms. The van der Waals surface area contributed by atoms with Crippen molar-refractivity contribution in [1.29, 1.82) is 0 Å². The van der Waals surface area contributed by atoms with Gasteiger partial charge < -0.3 is 5.32 Å². The predicted molar refractivity (Wildman–Crippen MR) is 64.3 cm³/mol. The number of nitrogens with one attached hydrogen (secondary N) is 1. The third-order valence-electron chi connectivity index (χ3n) is 4.85. The first-order chi connectivity index (χ1) is 7.81. The smallest absolute Gasteiger partial charge is 0.220 e. The fraction of sp³-hybridized carbons (Fsp3) is 0.923. The summed E-state index contributed by atoms with van der Waals surface area (Å²) in [7, 11) is 0. The molecule has 4 unspecified atom stereocenters. The van der Waals surface area contributed by atoms with Gasteiger partial charge in [-0.05, 0) is 55.8 Å². The van der Waals surface area contributed by atoms with Gasteiger partial charge in [0, 0.05) is 18.3 Å². The number of fused-ring (bicyclic) bond motifs is 5. The number of amides is 1. The molecular weight excluding hydrogens is 222 g/mol. The van der Waals surface area contributed by atoms with Crippen molar-refractivity contribution in [3.8, 4) is 0 Å². The number of alkyl halides is 1. The first-order valence-electron chi connectivity index (χ1n) is 6.66. The Morgan fingerprint density at radius 1 is 1.19 bits per heavy atom. The van der Waals surface area contributed by atoms with E-state index in [1.807, 2.05) is 0 Å². The van der Waals surface area contributed by atoms with Crippen LogP contribution in [0.3, 0.4) is 0 Å². The lowest BCUT2D eigenvalue weighted by Crippen LogP contribution is -2.29. The number of unbranched alkanes of at least 4 members (excludes halogenated alkanes) is 1. The molecule has 0 spiro atoms. The standard InChI is InChI=1S/C13H20ClNO/c14-6-2-1-3-10(16)15-13-11-8-4-5-9(7-8)12(11)13/h8-9,11-13H,1-7H2,(H,15,16). The predicted octanol–water partition coefficient (Wildman–Crippen LogP) is 2.56. The van der Waals surface area contributed by atoms with Crippen LogP contribution in [0.1, 0.15) is 38.5 Å². The van der Waals surface area contributed by atoms with Crippen LogP contribution >= 0.6 is 11.6 Å². The number of halogens is 1. The van der Waals surface area contributed by atoms with Crippen molar-refractivity contribution in [2.45, 2.75) is 44.6 Å². The Bertz CT molecular complexity index is 278. The molecule has 1 N–H and O–H groups in total. The summed E-state index contributed by atoms with van der Waals surface area (Å²) < 4.78 is 0. The van der Waals surface area contributed by atoms with Crippen LogP contribution in [0.15, 0.2) is 0 Å². The van der Waals surface area contributed by atoms with Gasteiger partial charge in [0.2, 0.25) is 5.91 Å². The van der Waals surface area contributed by atoms with E-state index < -0.39 is 0 Å². The van der Waals surface area contributed by atoms with E-state index in [1.54, 1.807) is 0 Å². The molecule has 3 aliphatic carbocycles. The number of carbonyl (C=O) groups is 1. The summed E-state index contributed by atoms with van der Waals surface area (Å²) in [6.07, 6.45) is 6.85. The topological polar surface area (TPSA) is 29.1 Å². The highest BCUT2D eigenvalue weighted by atomic mass is 35.5. The Hall–Kier alpha value is -0.240. The average molecular weight is 242 g/mol. The third kappa shape index (κ3) is 1.75. The quantitative estimate of drug-likeness (QED) is 0.582. The zero-order chi connectivity index (χ0) is 11.1. The van der Waals surface area contributed by atoms with Gasteiger partial charge in [0.1, 0.15) is 0 Å². The van der Waals surface area contributed by atoms with Crippen molar-refractivity contribution in [2.75, 3.05) is 5.88 Å². The molecule has 3 heteroatoms. The Morgan fingerprint density at radius 3 is 2.50 bits per heavy atom. The van der Waals surface area contributed by atoms with E-state index in [0.717, 1.165) is 36.5 Å². The molecule has 3 fully saturated rings. The normalized spacial score (nSPS) is 43.2. The molecule has 0 saturated heterocycles. The van der Waals surface area contributed by atoms with Crippen LogP contribution in [-0.4, -0.2) is 17.8 Å². The maximum atomic E-state index is 11.7. The van der Waals surface area contributed by atoms with Gasteiger partial charge in [-0.15, -0.1) is 11.6 Å². The number of hydrogen-bond donors (Lipinski definition) is 1. The van der Waals surface area contributed by atoms with E-state index in [9.17, 15) is 4.79 Å². The van der Waals surface area contributed by atoms with Gasteiger partial charge in [0.25, 0.3) is 0 Å². The summed E-state index contributed by atoms with van der Waals surface area (Å²) in [5, 5.41) is 3.23. The summed E-state index contributed by atoms with van der Waals surface area (Å²) in [6.45, 7) is 0. The molecule has 0 aromatic carbocycles. The summed E-state index contributed by atoms with van der Waals surface area (Å²) in [6, 6.07) is 0.551. The molecule has 0 heterocycles. The highest BCUT2D eigenvalue weighted by molar-refractivity contribution is 6.17. The van der Waals surface area contributed by atoms with Crippen molar-refractivity contribution >= 4 is 17.5 Å². The lowest BCUT2D eigenvalue weighted by Gasteiger charge is -2.10. The van der Waals surface area contributed by atoms with Crippen molar-refractivity contribution in [3.63, 3.8) is 0 Å². The lowest BCUT2D eigenvalue weighted by molar-refractivity contribution is -0.121. The molecule has 2 nitrogen and oxygen atoms in total. The molecular formula is C13H20ClNO. The molecule has 0 aromatic rings. The Balaban J connectivity index is 1.43. The van der Waals surface area contributed by atoms with Gasteiger partial charge in [0.15, 0.2) is 0 Å². The molecule has 2 bridgehead atoms. The van der Waals surface area contributed by atoms with E-state index in [2.05, 4.69) is 5.32 Å². The Morgan fingerprint density at radius 2 is 1.88 bits per heavy atom. The van der Waals surface area contributed by atoms with Gasteiger partial charge in [0.05, 0.1) is 0 Å². The molecule has 90 valence electrons. The second-order valence-electron chi connectivity index (χ2n) is 5.73. The number of rotatable bonds is 5. The first kappa shape index (κ1) is 10.9. The van der Waals surface area contributed by atoms with Gasteiger partial charge in [-0.2, -0.15) is 0 Å².